The molecule has 1 atom stereocenters. The molecule has 0 amide bonds. The van der Waals surface area contributed by atoms with Crippen molar-refractivity contribution in [2.45, 2.75) is 13.0 Å². The van der Waals surface area contributed by atoms with Gasteiger partial charge in [0.1, 0.15) is 0 Å². The molecule has 1 aliphatic heterocycles. The molecule has 0 saturated carbocycles. The molecule has 1 aromatic rings. The number of rotatable bonds is 4. The van der Waals surface area contributed by atoms with E-state index in [1.165, 1.54) is 19.5 Å². The van der Waals surface area contributed by atoms with Gasteiger partial charge < -0.3 is 15.5 Å². The van der Waals surface area contributed by atoms with Gasteiger partial charge >= 0.3 is 0 Å². The van der Waals surface area contributed by atoms with Crippen molar-refractivity contribution in [3.63, 3.8) is 0 Å². The van der Waals surface area contributed by atoms with E-state index < -0.39 is 0 Å². The third kappa shape index (κ3) is 5.62. The summed E-state index contributed by atoms with van der Waals surface area (Å²) in [5.74, 6) is 1.57. The first-order chi connectivity index (χ1) is 9.28. The lowest BCUT2D eigenvalue weighted by Gasteiger charge is -2.15. The molecule has 1 unspecified atom stereocenters. The van der Waals surface area contributed by atoms with E-state index >= 15 is 0 Å². The van der Waals surface area contributed by atoms with Crippen molar-refractivity contribution in [3.05, 3.63) is 30.1 Å². The van der Waals surface area contributed by atoms with Crippen LogP contribution >= 0.6 is 24.0 Å². The van der Waals surface area contributed by atoms with Crippen molar-refractivity contribution in [2.24, 2.45) is 10.9 Å². The van der Waals surface area contributed by atoms with Gasteiger partial charge in [0.25, 0.3) is 0 Å². The molecule has 5 nitrogen and oxygen atoms in total. The van der Waals surface area contributed by atoms with Gasteiger partial charge in [-0.15, -0.1) is 24.0 Å². The Kier molecular flexibility index (Phi) is 7.83. The van der Waals surface area contributed by atoms with Gasteiger partial charge in [-0.3, -0.25) is 9.98 Å². The Hall–Kier alpha value is -0.890. The summed E-state index contributed by atoms with van der Waals surface area (Å²) in [4.78, 5) is 10.9. The molecule has 0 bridgehead atoms. The summed E-state index contributed by atoms with van der Waals surface area (Å²) in [5, 5.41) is 6.67. The fraction of sp³-hybridized carbons (Fsp3) is 0.571. The Morgan fingerprint density at radius 1 is 1.45 bits per heavy atom. The topological polar surface area (TPSA) is 52.6 Å². The van der Waals surface area contributed by atoms with E-state index in [1.54, 1.807) is 7.05 Å². The van der Waals surface area contributed by atoms with Crippen LogP contribution in [-0.4, -0.2) is 49.6 Å². The van der Waals surface area contributed by atoms with Crippen molar-refractivity contribution >= 4 is 29.9 Å². The molecule has 2 heterocycles. The molecular formula is C14H24IN5. The second-order valence-electron chi connectivity index (χ2n) is 5.04. The van der Waals surface area contributed by atoms with Crippen molar-refractivity contribution in [1.82, 2.24) is 20.5 Å². The van der Waals surface area contributed by atoms with Crippen molar-refractivity contribution < 1.29 is 0 Å². The summed E-state index contributed by atoms with van der Waals surface area (Å²) in [6, 6.07) is 5.92. The van der Waals surface area contributed by atoms with Gasteiger partial charge in [0, 0.05) is 26.3 Å². The van der Waals surface area contributed by atoms with E-state index in [0.717, 1.165) is 24.1 Å². The van der Waals surface area contributed by atoms with E-state index in [1.807, 2.05) is 24.4 Å². The minimum Gasteiger partial charge on any atom is -0.356 e. The van der Waals surface area contributed by atoms with Gasteiger partial charge in [0.2, 0.25) is 0 Å². The average Bonchev–Trinajstić information content (AvgIpc) is 2.86. The van der Waals surface area contributed by atoms with Crippen molar-refractivity contribution in [3.8, 4) is 0 Å². The first kappa shape index (κ1) is 17.2. The molecule has 0 spiro atoms. The number of pyridine rings is 1. The smallest absolute Gasteiger partial charge is 0.191 e. The van der Waals surface area contributed by atoms with Gasteiger partial charge in [-0.25, -0.2) is 0 Å². The quantitative estimate of drug-likeness (QED) is 0.464. The molecule has 2 rings (SSSR count). The molecular weight excluding hydrogens is 365 g/mol. The highest BCUT2D eigenvalue weighted by molar-refractivity contribution is 14.0. The number of likely N-dealkylation sites (tertiary alicyclic amines) is 1. The van der Waals surface area contributed by atoms with E-state index in [4.69, 9.17) is 0 Å². The van der Waals surface area contributed by atoms with E-state index in [2.05, 4.69) is 32.6 Å². The zero-order chi connectivity index (χ0) is 13.5. The number of nitrogens with zero attached hydrogens (tertiary/aromatic N) is 3. The lowest BCUT2D eigenvalue weighted by Crippen LogP contribution is -2.39. The highest BCUT2D eigenvalue weighted by Gasteiger charge is 2.19. The molecule has 0 aromatic carbocycles. The summed E-state index contributed by atoms with van der Waals surface area (Å²) in [5.41, 5.74) is 1.02. The Labute approximate surface area is 138 Å². The third-order valence-electron chi connectivity index (χ3n) is 3.43. The molecule has 1 fully saturated rings. The normalized spacial score (nSPS) is 19.5. The predicted molar refractivity (Wildman–Crippen MR) is 93.5 cm³/mol. The van der Waals surface area contributed by atoms with E-state index in [0.29, 0.717) is 6.54 Å². The molecule has 112 valence electrons. The highest BCUT2D eigenvalue weighted by atomic mass is 127. The van der Waals surface area contributed by atoms with Crippen LogP contribution in [0, 0.1) is 5.92 Å². The molecule has 1 saturated heterocycles. The van der Waals surface area contributed by atoms with Crippen LogP contribution in [0.3, 0.4) is 0 Å². The zero-order valence-corrected chi connectivity index (χ0v) is 14.5. The number of aromatic nitrogens is 1. The lowest BCUT2D eigenvalue weighted by molar-refractivity contribution is 0.394. The number of halogens is 1. The standard InChI is InChI=1S/C14H23N5.HI/c1-15-14(17-9-12-6-8-19(2)11-12)18-10-13-5-3-4-7-16-13;/h3-5,7,12H,6,8-11H2,1-2H3,(H2,15,17,18);1H. The number of nitrogens with one attached hydrogen (secondary N) is 2. The Morgan fingerprint density at radius 3 is 2.90 bits per heavy atom. The van der Waals surface area contributed by atoms with Gasteiger partial charge in [0.15, 0.2) is 5.96 Å². The molecule has 1 aromatic heterocycles. The van der Waals surface area contributed by atoms with Crippen LogP contribution in [0.4, 0.5) is 0 Å². The molecule has 20 heavy (non-hydrogen) atoms. The molecule has 0 radical (unpaired) electrons. The summed E-state index contributed by atoms with van der Waals surface area (Å²) >= 11 is 0. The van der Waals surface area contributed by atoms with Crippen molar-refractivity contribution in [1.29, 1.82) is 0 Å². The average molecular weight is 389 g/mol. The molecule has 0 aliphatic carbocycles. The lowest BCUT2D eigenvalue weighted by atomic mass is 10.1. The summed E-state index contributed by atoms with van der Waals surface area (Å²) in [6.07, 6.45) is 3.07. The highest BCUT2D eigenvalue weighted by Crippen LogP contribution is 2.12. The fourth-order valence-corrected chi connectivity index (χ4v) is 2.33. The predicted octanol–water partition coefficient (Wildman–Crippen LogP) is 1.32. The first-order valence-electron chi connectivity index (χ1n) is 6.81. The maximum atomic E-state index is 4.28. The van der Waals surface area contributed by atoms with E-state index in [-0.39, 0.29) is 24.0 Å². The Morgan fingerprint density at radius 2 is 2.30 bits per heavy atom. The van der Waals surface area contributed by atoms with Gasteiger partial charge in [0.05, 0.1) is 12.2 Å². The van der Waals surface area contributed by atoms with Crippen molar-refractivity contribution in [2.75, 3.05) is 33.7 Å². The first-order valence-corrected chi connectivity index (χ1v) is 6.81. The van der Waals surface area contributed by atoms with Crippen LogP contribution in [-0.2, 0) is 6.54 Å². The maximum Gasteiger partial charge on any atom is 0.191 e. The SMILES string of the molecule is CN=C(NCc1ccccn1)NCC1CCN(C)C1.I. The number of guanidine groups is 1. The van der Waals surface area contributed by atoms with Crippen LogP contribution in [0.15, 0.2) is 29.4 Å². The molecule has 6 heteroatoms. The van der Waals surface area contributed by atoms with Crippen LogP contribution in [0.25, 0.3) is 0 Å². The summed E-state index contributed by atoms with van der Waals surface area (Å²) < 4.78 is 0. The minimum absolute atomic E-state index is 0. The summed E-state index contributed by atoms with van der Waals surface area (Å²) in [6.45, 7) is 4.05. The zero-order valence-electron chi connectivity index (χ0n) is 12.2. The van der Waals surface area contributed by atoms with Gasteiger partial charge in [-0.2, -0.15) is 0 Å². The Bertz CT molecular complexity index is 409. The van der Waals surface area contributed by atoms with E-state index in [9.17, 15) is 0 Å². The fourth-order valence-electron chi connectivity index (χ4n) is 2.33. The third-order valence-corrected chi connectivity index (χ3v) is 3.43. The number of hydrogen-bond acceptors (Lipinski definition) is 3. The number of aliphatic imine (C=N–C) groups is 1. The minimum atomic E-state index is 0. The molecule has 2 N–H and O–H groups in total. The molecule has 1 aliphatic rings. The Balaban J connectivity index is 0.00000200. The van der Waals surface area contributed by atoms with Crippen LogP contribution in [0.5, 0.6) is 0 Å². The van der Waals surface area contributed by atoms with Crippen LogP contribution in [0.1, 0.15) is 12.1 Å². The number of hydrogen-bond donors (Lipinski definition) is 2. The van der Waals surface area contributed by atoms with Gasteiger partial charge in [-0.1, -0.05) is 6.07 Å². The van der Waals surface area contributed by atoms with Crippen LogP contribution in [0.2, 0.25) is 0 Å². The second kappa shape index (κ2) is 9.12. The maximum absolute atomic E-state index is 4.28. The van der Waals surface area contributed by atoms with Gasteiger partial charge in [-0.05, 0) is 38.1 Å². The van der Waals surface area contributed by atoms with Crippen LogP contribution < -0.4 is 10.6 Å². The monoisotopic (exact) mass is 389 g/mol. The second-order valence-corrected chi connectivity index (χ2v) is 5.04. The summed E-state index contributed by atoms with van der Waals surface area (Å²) in [7, 11) is 3.97. The largest absolute Gasteiger partial charge is 0.356 e.